The Kier molecular flexibility index (Phi) is 4.75. The van der Waals surface area contributed by atoms with Gasteiger partial charge in [-0.15, -0.1) is 11.6 Å². The van der Waals surface area contributed by atoms with Crippen LogP contribution in [0.3, 0.4) is 0 Å². The number of phenolic OH excluding ortho intramolecular Hbond substituents is 1. The van der Waals surface area contributed by atoms with Gasteiger partial charge in [0.2, 0.25) is 0 Å². The second-order valence-electron chi connectivity index (χ2n) is 4.51. The van der Waals surface area contributed by atoms with E-state index < -0.39 is 0 Å². The maximum Gasteiger partial charge on any atom is 0.287 e. The van der Waals surface area contributed by atoms with E-state index in [4.69, 9.17) is 20.8 Å². The molecule has 2 N–H and O–H groups in total. The summed E-state index contributed by atoms with van der Waals surface area (Å²) in [5.74, 6) is 1.25. The maximum atomic E-state index is 12.0. The molecule has 0 aliphatic carbocycles. The normalized spacial score (nSPS) is 10.4. The highest BCUT2D eigenvalue weighted by Crippen LogP contribution is 2.26. The van der Waals surface area contributed by atoms with Crippen LogP contribution < -0.4 is 10.1 Å². The number of phenols is 1. The predicted molar refractivity (Wildman–Crippen MR) is 78.8 cm³/mol. The van der Waals surface area contributed by atoms with Gasteiger partial charge in [-0.05, 0) is 30.7 Å². The molecule has 0 aliphatic heterocycles. The molecule has 0 saturated carbocycles. The first-order chi connectivity index (χ1) is 10.0. The van der Waals surface area contributed by atoms with Crippen molar-refractivity contribution in [3.63, 3.8) is 0 Å². The van der Waals surface area contributed by atoms with Crippen molar-refractivity contribution in [2.45, 2.75) is 19.3 Å². The molecule has 6 heteroatoms. The van der Waals surface area contributed by atoms with Gasteiger partial charge in [-0.25, -0.2) is 0 Å². The standard InChI is InChI=1S/C15H16ClNO4/c1-9-11(7-16)6-14(21-9)15(19)17-8-10-3-4-13(20-2)12(18)5-10/h3-6,18H,7-8H2,1-2H3,(H,17,19). The van der Waals surface area contributed by atoms with Gasteiger partial charge in [-0.1, -0.05) is 6.07 Å². The van der Waals surface area contributed by atoms with Gasteiger partial charge < -0.3 is 19.6 Å². The molecule has 0 fully saturated rings. The molecule has 0 bridgehead atoms. The second kappa shape index (κ2) is 6.54. The number of aryl methyl sites for hydroxylation is 1. The minimum absolute atomic E-state index is 0.0301. The molecule has 0 spiro atoms. The first kappa shape index (κ1) is 15.3. The van der Waals surface area contributed by atoms with E-state index in [-0.39, 0.29) is 24.0 Å². The zero-order chi connectivity index (χ0) is 15.4. The molecule has 0 unspecified atom stereocenters. The fourth-order valence-electron chi connectivity index (χ4n) is 1.88. The molecular formula is C15H16ClNO4. The fourth-order valence-corrected chi connectivity index (χ4v) is 2.14. The van der Waals surface area contributed by atoms with Crippen molar-refractivity contribution in [1.82, 2.24) is 5.32 Å². The number of rotatable bonds is 5. The Balaban J connectivity index is 2.02. The third-order valence-electron chi connectivity index (χ3n) is 3.08. The van der Waals surface area contributed by atoms with Crippen molar-refractivity contribution in [2.75, 3.05) is 7.11 Å². The van der Waals surface area contributed by atoms with Crippen molar-refractivity contribution in [1.29, 1.82) is 0 Å². The molecule has 2 aromatic rings. The minimum atomic E-state index is -0.329. The number of carbonyl (C=O) groups excluding carboxylic acids is 1. The Morgan fingerprint density at radius 2 is 2.19 bits per heavy atom. The van der Waals surface area contributed by atoms with Gasteiger partial charge in [-0.2, -0.15) is 0 Å². The molecule has 21 heavy (non-hydrogen) atoms. The summed E-state index contributed by atoms with van der Waals surface area (Å²) in [6.07, 6.45) is 0. The van der Waals surface area contributed by atoms with Gasteiger partial charge >= 0.3 is 0 Å². The lowest BCUT2D eigenvalue weighted by atomic mass is 10.2. The first-order valence-electron chi connectivity index (χ1n) is 6.34. The number of amides is 1. The lowest BCUT2D eigenvalue weighted by molar-refractivity contribution is 0.0922. The van der Waals surface area contributed by atoms with Gasteiger partial charge in [0.15, 0.2) is 17.3 Å². The van der Waals surface area contributed by atoms with E-state index in [0.717, 1.165) is 11.1 Å². The molecule has 2 rings (SSSR count). The lowest BCUT2D eigenvalue weighted by Gasteiger charge is -2.07. The van der Waals surface area contributed by atoms with E-state index in [1.807, 2.05) is 0 Å². The van der Waals surface area contributed by atoms with Crippen molar-refractivity contribution in [3.05, 3.63) is 46.9 Å². The minimum Gasteiger partial charge on any atom is -0.504 e. The molecule has 0 saturated heterocycles. The number of nitrogens with one attached hydrogen (secondary N) is 1. The van der Waals surface area contributed by atoms with Crippen molar-refractivity contribution in [3.8, 4) is 11.5 Å². The fraction of sp³-hybridized carbons (Fsp3) is 0.267. The number of hydrogen-bond acceptors (Lipinski definition) is 4. The number of ether oxygens (including phenoxy) is 1. The van der Waals surface area contributed by atoms with Gasteiger partial charge in [0, 0.05) is 12.1 Å². The number of benzene rings is 1. The monoisotopic (exact) mass is 309 g/mol. The van der Waals surface area contributed by atoms with Crippen molar-refractivity contribution in [2.24, 2.45) is 0 Å². The summed E-state index contributed by atoms with van der Waals surface area (Å²) in [5.41, 5.74) is 1.55. The van der Waals surface area contributed by atoms with E-state index in [1.165, 1.54) is 13.2 Å². The van der Waals surface area contributed by atoms with Crippen LogP contribution in [0.2, 0.25) is 0 Å². The second-order valence-corrected chi connectivity index (χ2v) is 4.78. The molecule has 0 aliphatic rings. The van der Waals surface area contributed by atoms with Crippen LogP contribution in [0.15, 0.2) is 28.7 Å². The van der Waals surface area contributed by atoms with Gasteiger partial charge in [0.1, 0.15) is 5.76 Å². The third-order valence-corrected chi connectivity index (χ3v) is 3.37. The number of furan rings is 1. The van der Waals surface area contributed by atoms with Crippen molar-refractivity contribution < 1.29 is 19.1 Å². The van der Waals surface area contributed by atoms with Crippen LogP contribution in [0.4, 0.5) is 0 Å². The average molecular weight is 310 g/mol. The lowest BCUT2D eigenvalue weighted by Crippen LogP contribution is -2.22. The molecule has 0 radical (unpaired) electrons. The number of carbonyl (C=O) groups is 1. The third kappa shape index (κ3) is 3.49. The first-order valence-corrected chi connectivity index (χ1v) is 6.88. The molecule has 1 aromatic carbocycles. The Hall–Kier alpha value is -2.14. The molecular weight excluding hydrogens is 294 g/mol. The molecule has 1 heterocycles. The topological polar surface area (TPSA) is 71.7 Å². The highest BCUT2D eigenvalue weighted by molar-refractivity contribution is 6.17. The van der Waals surface area contributed by atoms with Crippen LogP contribution in [0.25, 0.3) is 0 Å². The van der Waals surface area contributed by atoms with Crippen LogP contribution in [0.1, 0.15) is 27.4 Å². The molecule has 0 atom stereocenters. The van der Waals surface area contributed by atoms with Crippen LogP contribution in [-0.4, -0.2) is 18.1 Å². The number of methoxy groups -OCH3 is 1. The highest BCUT2D eigenvalue weighted by atomic mass is 35.5. The zero-order valence-electron chi connectivity index (χ0n) is 11.8. The van der Waals surface area contributed by atoms with Gasteiger partial charge in [0.05, 0.1) is 13.0 Å². The van der Waals surface area contributed by atoms with Crippen LogP contribution in [0.5, 0.6) is 11.5 Å². The van der Waals surface area contributed by atoms with Crippen LogP contribution in [0, 0.1) is 6.92 Å². The Bertz CT molecular complexity index is 651. The molecule has 1 amide bonds. The molecule has 5 nitrogen and oxygen atoms in total. The van der Waals surface area contributed by atoms with E-state index in [0.29, 0.717) is 17.4 Å². The Morgan fingerprint density at radius 1 is 1.43 bits per heavy atom. The van der Waals surface area contributed by atoms with Gasteiger partial charge in [-0.3, -0.25) is 4.79 Å². The summed E-state index contributed by atoms with van der Waals surface area (Å²) in [6.45, 7) is 2.03. The number of alkyl halides is 1. The van der Waals surface area contributed by atoms with Gasteiger partial charge in [0.25, 0.3) is 5.91 Å². The Labute approximate surface area is 127 Å². The summed E-state index contributed by atoms with van der Waals surface area (Å²) in [7, 11) is 1.48. The summed E-state index contributed by atoms with van der Waals surface area (Å²) < 4.78 is 10.3. The maximum absolute atomic E-state index is 12.0. The quantitative estimate of drug-likeness (QED) is 0.833. The van der Waals surface area contributed by atoms with E-state index >= 15 is 0 Å². The van der Waals surface area contributed by atoms with E-state index in [2.05, 4.69) is 5.32 Å². The highest BCUT2D eigenvalue weighted by Gasteiger charge is 2.14. The summed E-state index contributed by atoms with van der Waals surface area (Å²) >= 11 is 5.74. The van der Waals surface area contributed by atoms with E-state index in [1.54, 1.807) is 25.1 Å². The number of hydrogen-bond donors (Lipinski definition) is 2. The van der Waals surface area contributed by atoms with E-state index in [9.17, 15) is 9.90 Å². The summed E-state index contributed by atoms with van der Waals surface area (Å²) in [6, 6.07) is 6.57. The molecule has 1 aromatic heterocycles. The predicted octanol–water partition coefficient (Wildman–Crippen LogP) is 2.97. The van der Waals surface area contributed by atoms with Crippen LogP contribution in [-0.2, 0) is 12.4 Å². The largest absolute Gasteiger partial charge is 0.504 e. The smallest absolute Gasteiger partial charge is 0.287 e. The van der Waals surface area contributed by atoms with Crippen LogP contribution >= 0.6 is 11.6 Å². The summed E-state index contributed by atoms with van der Waals surface area (Å²) in [5, 5.41) is 12.4. The average Bonchev–Trinajstić information content (AvgIpc) is 2.86. The SMILES string of the molecule is COc1ccc(CNC(=O)c2cc(CCl)c(C)o2)cc1O. The Morgan fingerprint density at radius 3 is 2.76 bits per heavy atom. The van der Waals surface area contributed by atoms with Crippen molar-refractivity contribution >= 4 is 17.5 Å². The molecule has 112 valence electrons. The summed E-state index contributed by atoms with van der Waals surface area (Å²) in [4.78, 5) is 12.0. The number of halogens is 1. The zero-order valence-corrected chi connectivity index (χ0v) is 12.5. The number of aromatic hydroxyl groups is 1.